The Kier molecular flexibility index (Phi) is 7.57. The number of benzene rings is 7. The lowest BCUT2D eigenvalue weighted by Crippen LogP contribution is -2.00. The van der Waals surface area contributed by atoms with Gasteiger partial charge in [0.15, 0.2) is 28.9 Å². The lowest BCUT2D eigenvalue weighted by molar-refractivity contribution is 0.667. The SMILES string of the molecule is c1ccc(-c2cccc(-c3nc(-c4ccccc4)nc(-c4cccc5sc6ccc(-c7nc(-c8ccccc8)nc8c7oc7ccccc78)cc6c45)n3)c2)cc1. The molecule has 0 N–H and O–H groups in total. The van der Waals surface area contributed by atoms with Crippen LogP contribution in [0.5, 0.6) is 0 Å². The second kappa shape index (κ2) is 13.2. The number of hydrogen-bond acceptors (Lipinski definition) is 7. The molecule has 7 aromatic carbocycles. The van der Waals surface area contributed by atoms with Crippen LogP contribution in [0.25, 0.3) is 110 Å². The van der Waals surface area contributed by atoms with Gasteiger partial charge in [-0.3, -0.25) is 0 Å². The second-order valence-electron chi connectivity index (χ2n) is 13.6. The van der Waals surface area contributed by atoms with Crippen LogP contribution in [0.1, 0.15) is 0 Å². The fourth-order valence-electron chi connectivity index (χ4n) is 7.47. The number of para-hydroxylation sites is 1. The first-order chi connectivity index (χ1) is 27.7. The lowest BCUT2D eigenvalue weighted by atomic mass is 10.0. The molecule has 4 heterocycles. The van der Waals surface area contributed by atoms with Crippen LogP contribution in [0.4, 0.5) is 0 Å². The smallest absolute Gasteiger partial charge is 0.180 e. The fraction of sp³-hybridized carbons (Fsp3) is 0. The molecule has 6 nitrogen and oxygen atoms in total. The molecule has 0 bridgehead atoms. The summed E-state index contributed by atoms with van der Waals surface area (Å²) in [5.74, 6) is 2.50. The minimum atomic E-state index is 0.614. The van der Waals surface area contributed by atoms with Crippen molar-refractivity contribution in [3.05, 3.63) is 176 Å². The maximum Gasteiger partial charge on any atom is 0.180 e. The highest BCUT2D eigenvalue weighted by atomic mass is 32.1. The first-order valence-electron chi connectivity index (χ1n) is 18.4. The minimum absolute atomic E-state index is 0.614. The van der Waals surface area contributed by atoms with Gasteiger partial charge in [0.2, 0.25) is 0 Å². The van der Waals surface area contributed by atoms with Crippen LogP contribution in [0.2, 0.25) is 0 Å². The van der Waals surface area contributed by atoms with Crippen molar-refractivity contribution in [2.45, 2.75) is 0 Å². The molecule has 11 aromatic rings. The molecule has 4 aromatic heterocycles. The van der Waals surface area contributed by atoms with Gasteiger partial charge in [0.1, 0.15) is 16.8 Å². The van der Waals surface area contributed by atoms with E-state index in [9.17, 15) is 0 Å². The molecule has 0 spiro atoms. The van der Waals surface area contributed by atoms with Gasteiger partial charge in [0, 0.05) is 53.4 Å². The van der Waals surface area contributed by atoms with Gasteiger partial charge >= 0.3 is 0 Å². The third-order valence-corrected chi connectivity index (χ3v) is 11.3. The fourth-order valence-corrected chi connectivity index (χ4v) is 8.59. The van der Waals surface area contributed by atoms with Gasteiger partial charge < -0.3 is 4.42 Å². The highest BCUT2D eigenvalue weighted by Crippen LogP contribution is 2.43. The summed E-state index contributed by atoms with van der Waals surface area (Å²) >= 11 is 1.76. The normalized spacial score (nSPS) is 11.6. The Balaban J connectivity index is 1.13. The van der Waals surface area contributed by atoms with Gasteiger partial charge in [-0.1, -0.05) is 140 Å². The van der Waals surface area contributed by atoms with Crippen molar-refractivity contribution in [3.63, 3.8) is 0 Å². The zero-order chi connectivity index (χ0) is 37.0. The van der Waals surface area contributed by atoms with E-state index in [-0.39, 0.29) is 0 Å². The summed E-state index contributed by atoms with van der Waals surface area (Å²) in [6.07, 6.45) is 0. The summed E-state index contributed by atoms with van der Waals surface area (Å²) in [7, 11) is 0. The molecule has 0 amide bonds. The van der Waals surface area contributed by atoms with Crippen LogP contribution in [0.3, 0.4) is 0 Å². The van der Waals surface area contributed by atoms with E-state index in [1.54, 1.807) is 11.3 Å². The summed E-state index contributed by atoms with van der Waals surface area (Å²) in [6, 6.07) is 60.0. The predicted octanol–water partition coefficient (Wildman–Crippen LogP) is 12.9. The largest absolute Gasteiger partial charge is 0.452 e. The molecule has 0 aliphatic carbocycles. The first-order valence-corrected chi connectivity index (χ1v) is 19.2. The van der Waals surface area contributed by atoms with E-state index in [1.165, 1.54) is 0 Å². The van der Waals surface area contributed by atoms with E-state index >= 15 is 0 Å². The summed E-state index contributed by atoms with van der Waals surface area (Å²) in [4.78, 5) is 25.6. The minimum Gasteiger partial charge on any atom is -0.452 e. The third-order valence-electron chi connectivity index (χ3n) is 10.2. The molecule has 262 valence electrons. The van der Waals surface area contributed by atoms with E-state index in [2.05, 4.69) is 91.0 Å². The second-order valence-corrected chi connectivity index (χ2v) is 14.7. The molecular formula is C49H29N5OS. The molecule has 0 atom stereocenters. The number of furan rings is 1. The standard InChI is InChI=1S/C49H29N5OS/c1-4-14-30(15-5-1)33-20-12-21-35(28-33)48-52-47(32-18-8-3-9-19-32)53-49(54-48)37-23-13-25-41-42(37)38-29-34(26-27-40(38)56-41)43-45-44(36-22-10-11-24-39(36)55-45)51-46(50-43)31-16-6-2-7-17-31/h1-29H. The van der Waals surface area contributed by atoms with Crippen molar-refractivity contribution < 1.29 is 4.42 Å². The molecule has 0 saturated heterocycles. The Morgan fingerprint density at radius 2 is 0.982 bits per heavy atom. The van der Waals surface area contributed by atoms with Crippen LogP contribution >= 0.6 is 11.3 Å². The van der Waals surface area contributed by atoms with E-state index in [1.807, 2.05) is 84.9 Å². The number of hydrogen-bond donors (Lipinski definition) is 0. The average molecular weight is 736 g/mol. The molecule has 11 rings (SSSR count). The first kappa shape index (κ1) is 32.1. The van der Waals surface area contributed by atoms with Crippen molar-refractivity contribution in [1.29, 1.82) is 0 Å². The Morgan fingerprint density at radius 3 is 1.75 bits per heavy atom. The van der Waals surface area contributed by atoms with Gasteiger partial charge in [-0.15, -0.1) is 11.3 Å². The van der Waals surface area contributed by atoms with Crippen LogP contribution in [0.15, 0.2) is 180 Å². The monoisotopic (exact) mass is 735 g/mol. The summed E-state index contributed by atoms with van der Waals surface area (Å²) < 4.78 is 8.80. The zero-order valence-electron chi connectivity index (χ0n) is 29.8. The van der Waals surface area contributed by atoms with Crippen LogP contribution in [-0.2, 0) is 0 Å². The number of rotatable bonds is 6. The highest BCUT2D eigenvalue weighted by molar-refractivity contribution is 7.26. The maximum atomic E-state index is 6.50. The third kappa shape index (κ3) is 5.52. The van der Waals surface area contributed by atoms with Gasteiger partial charge in [-0.05, 0) is 47.5 Å². The highest BCUT2D eigenvalue weighted by Gasteiger charge is 2.21. The molecular weight excluding hydrogens is 707 g/mol. The van der Waals surface area contributed by atoms with E-state index in [0.717, 1.165) is 81.3 Å². The van der Waals surface area contributed by atoms with Crippen molar-refractivity contribution in [3.8, 4) is 67.9 Å². The Hall–Kier alpha value is -7.35. The Labute approximate surface area is 325 Å². The number of aromatic nitrogens is 5. The predicted molar refractivity (Wildman–Crippen MR) is 228 cm³/mol. The van der Waals surface area contributed by atoms with Crippen molar-refractivity contribution in [1.82, 2.24) is 24.9 Å². The van der Waals surface area contributed by atoms with Crippen LogP contribution in [-0.4, -0.2) is 24.9 Å². The van der Waals surface area contributed by atoms with Crippen LogP contribution < -0.4 is 0 Å². The summed E-state index contributed by atoms with van der Waals surface area (Å²) in [5.41, 5.74) is 9.89. The molecule has 0 radical (unpaired) electrons. The van der Waals surface area contributed by atoms with E-state index in [0.29, 0.717) is 28.9 Å². The quantitative estimate of drug-likeness (QED) is 0.169. The lowest BCUT2D eigenvalue weighted by Gasteiger charge is -2.11. The van der Waals surface area contributed by atoms with E-state index < -0.39 is 0 Å². The molecule has 0 unspecified atom stereocenters. The van der Waals surface area contributed by atoms with Crippen molar-refractivity contribution in [2.24, 2.45) is 0 Å². The van der Waals surface area contributed by atoms with Gasteiger partial charge in [-0.2, -0.15) is 0 Å². The average Bonchev–Trinajstić information content (AvgIpc) is 3.85. The van der Waals surface area contributed by atoms with Gasteiger partial charge in [-0.25, -0.2) is 24.9 Å². The van der Waals surface area contributed by atoms with Crippen LogP contribution in [0, 0.1) is 0 Å². The molecule has 56 heavy (non-hydrogen) atoms. The zero-order valence-corrected chi connectivity index (χ0v) is 30.6. The Bertz CT molecular complexity index is 3250. The summed E-state index contributed by atoms with van der Waals surface area (Å²) in [6.45, 7) is 0. The molecule has 0 fully saturated rings. The van der Waals surface area contributed by atoms with E-state index in [4.69, 9.17) is 29.3 Å². The van der Waals surface area contributed by atoms with Crippen molar-refractivity contribution >= 4 is 53.6 Å². The molecule has 0 aliphatic rings. The summed E-state index contributed by atoms with van der Waals surface area (Å²) in [5, 5.41) is 3.14. The number of fused-ring (bicyclic) bond motifs is 6. The van der Waals surface area contributed by atoms with Crippen molar-refractivity contribution in [2.75, 3.05) is 0 Å². The topological polar surface area (TPSA) is 77.6 Å². The molecule has 0 aliphatic heterocycles. The number of thiophene rings is 1. The van der Waals surface area contributed by atoms with Gasteiger partial charge in [0.05, 0.1) is 0 Å². The van der Waals surface area contributed by atoms with Gasteiger partial charge in [0.25, 0.3) is 0 Å². The maximum absolute atomic E-state index is 6.50. The molecule has 0 saturated carbocycles. The number of nitrogens with zero attached hydrogens (tertiary/aromatic N) is 5. The Morgan fingerprint density at radius 1 is 0.375 bits per heavy atom. The molecule has 7 heteroatoms.